The largest absolute Gasteiger partial charge is 0.354 e. The number of ether oxygens (including phenoxy) is 1. The topological polar surface area (TPSA) is 102 Å². The lowest BCUT2D eigenvalue weighted by molar-refractivity contribution is -0.0215. The summed E-state index contributed by atoms with van der Waals surface area (Å²) in [6, 6.07) is 24.2. The molecule has 204 valence electrons. The summed E-state index contributed by atoms with van der Waals surface area (Å²) < 4.78 is 61.4. The molecular formula is C30H32N2O5S2. The van der Waals surface area contributed by atoms with Crippen LogP contribution in [0.5, 0.6) is 0 Å². The minimum absolute atomic E-state index is 0.00999. The zero-order valence-electron chi connectivity index (χ0n) is 22.3. The van der Waals surface area contributed by atoms with E-state index in [1.54, 1.807) is 0 Å². The van der Waals surface area contributed by atoms with Gasteiger partial charge in [-0.3, -0.25) is 0 Å². The number of benzene rings is 4. The fourth-order valence-corrected chi connectivity index (χ4v) is 6.99. The van der Waals surface area contributed by atoms with Crippen LogP contribution in [-0.4, -0.2) is 30.1 Å². The number of hydrogen-bond acceptors (Lipinski definition) is 5. The lowest BCUT2D eigenvalue weighted by atomic mass is 9.84. The Hall–Kier alpha value is -3.08. The summed E-state index contributed by atoms with van der Waals surface area (Å²) in [7, 11) is -6.31. The average molecular weight is 565 g/mol. The average Bonchev–Trinajstić information content (AvgIpc) is 2.92. The van der Waals surface area contributed by atoms with Crippen LogP contribution in [0.2, 0.25) is 0 Å². The molecule has 0 bridgehead atoms. The second kappa shape index (κ2) is 10.5. The van der Waals surface area contributed by atoms with Crippen molar-refractivity contribution in [3.05, 3.63) is 95.6 Å². The Balaban J connectivity index is 1.45. The minimum atomic E-state index is -3.95. The zero-order chi connectivity index (χ0) is 27.9. The number of nitrogens with one attached hydrogen (secondary N) is 2. The van der Waals surface area contributed by atoms with Crippen molar-refractivity contribution in [2.45, 2.75) is 55.2 Å². The molecule has 2 atom stereocenters. The smallest absolute Gasteiger partial charge is 0.242 e. The van der Waals surface area contributed by atoms with Crippen molar-refractivity contribution in [2.75, 3.05) is 7.05 Å². The van der Waals surface area contributed by atoms with E-state index in [0.29, 0.717) is 6.42 Å². The first-order chi connectivity index (χ1) is 18.5. The van der Waals surface area contributed by atoms with Gasteiger partial charge in [0, 0.05) is 6.42 Å². The highest BCUT2D eigenvalue weighted by molar-refractivity contribution is 7.90. The maximum absolute atomic E-state index is 13.2. The van der Waals surface area contributed by atoms with Crippen LogP contribution in [0.4, 0.5) is 0 Å². The molecule has 0 saturated heterocycles. The van der Waals surface area contributed by atoms with Gasteiger partial charge in [0.1, 0.15) is 6.23 Å². The van der Waals surface area contributed by atoms with Crippen LogP contribution in [0.1, 0.15) is 49.5 Å². The SMILES string of the molecule is CNS(=O)(=O)c1ccc(S(=O)(=O)NC2Cc3c(C(C)C)cc(-c4ccc5ccccc5c4)cc3C(C)O2)cc1. The molecule has 0 saturated carbocycles. The second-order valence-corrected chi connectivity index (χ2v) is 13.7. The molecule has 2 unspecified atom stereocenters. The van der Waals surface area contributed by atoms with Crippen molar-refractivity contribution in [1.82, 2.24) is 9.44 Å². The van der Waals surface area contributed by atoms with Crippen molar-refractivity contribution in [1.29, 1.82) is 0 Å². The van der Waals surface area contributed by atoms with Gasteiger partial charge < -0.3 is 4.74 Å². The van der Waals surface area contributed by atoms with Gasteiger partial charge in [-0.05, 0) is 94.9 Å². The van der Waals surface area contributed by atoms with Crippen LogP contribution in [0, 0.1) is 0 Å². The van der Waals surface area contributed by atoms with Gasteiger partial charge in [0.15, 0.2) is 0 Å². The first-order valence-electron chi connectivity index (χ1n) is 12.9. The van der Waals surface area contributed by atoms with E-state index in [9.17, 15) is 16.8 Å². The van der Waals surface area contributed by atoms with Gasteiger partial charge in [-0.2, -0.15) is 4.72 Å². The van der Waals surface area contributed by atoms with Crippen LogP contribution in [0.3, 0.4) is 0 Å². The highest BCUT2D eigenvalue weighted by atomic mass is 32.2. The molecule has 2 N–H and O–H groups in total. The Morgan fingerprint density at radius 3 is 2.08 bits per heavy atom. The second-order valence-electron chi connectivity index (χ2n) is 10.1. The molecule has 39 heavy (non-hydrogen) atoms. The fraction of sp³-hybridized carbons (Fsp3) is 0.267. The summed E-state index contributed by atoms with van der Waals surface area (Å²) in [5.74, 6) is 0.225. The minimum Gasteiger partial charge on any atom is -0.354 e. The van der Waals surface area contributed by atoms with E-state index < -0.39 is 26.3 Å². The molecule has 0 radical (unpaired) electrons. The molecule has 0 amide bonds. The Morgan fingerprint density at radius 1 is 0.795 bits per heavy atom. The molecular weight excluding hydrogens is 532 g/mol. The Morgan fingerprint density at radius 2 is 1.44 bits per heavy atom. The predicted octanol–water partition coefficient (Wildman–Crippen LogP) is 5.48. The third-order valence-corrected chi connectivity index (χ3v) is 10.1. The van der Waals surface area contributed by atoms with Crippen molar-refractivity contribution >= 4 is 30.8 Å². The highest BCUT2D eigenvalue weighted by Gasteiger charge is 2.31. The van der Waals surface area contributed by atoms with E-state index in [2.05, 4.69) is 65.8 Å². The third kappa shape index (κ3) is 5.50. The third-order valence-electron chi connectivity index (χ3n) is 7.22. The molecule has 0 spiro atoms. The molecule has 0 aromatic heterocycles. The maximum Gasteiger partial charge on any atom is 0.242 e. The van der Waals surface area contributed by atoms with Gasteiger partial charge in [0.2, 0.25) is 20.0 Å². The Bertz CT molecular complexity index is 1730. The van der Waals surface area contributed by atoms with Gasteiger partial charge in [0.25, 0.3) is 0 Å². The van der Waals surface area contributed by atoms with E-state index in [-0.39, 0.29) is 21.8 Å². The van der Waals surface area contributed by atoms with Crippen LogP contribution >= 0.6 is 0 Å². The summed E-state index contributed by atoms with van der Waals surface area (Å²) in [4.78, 5) is -0.0421. The van der Waals surface area contributed by atoms with Crippen molar-refractivity contribution in [2.24, 2.45) is 0 Å². The number of fused-ring (bicyclic) bond motifs is 2. The fourth-order valence-electron chi connectivity index (χ4n) is 5.15. The van der Waals surface area contributed by atoms with Gasteiger partial charge in [0.05, 0.1) is 15.9 Å². The molecule has 4 aromatic rings. The van der Waals surface area contributed by atoms with Gasteiger partial charge in [-0.25, -0.2) is 21.6 Å². The van der Waals surface area contributed by atoms with Gasteiger partial charge in [-0.1, -0.05) is 56.3 Å². The summed E-state index contributed by atoms with van der Waals surface area (Å²) in [5.41, 5.74) is 5.54. The Kier molecular flexibility index (Phi) is 7.39. The quantitative estimate of drug-likeness (QED) is 0.310. The van der Waals surface area contributed by atoms with Crippen LogP contribution < -0.4 is 9.44 Å². The molecule has 1 aliphatic heterocycles. The van der Waals surface area contributed by atoms with Crippen LogP contribution in [-0.2, 0) is 31.2 Å². The van der Waals surface area contributed by atoms with Crippen molar-refractivity contribution in [3.63, 3.8) is 0 Å². The van der Waals surface area contributed by atoms with E-state index in [4.69, 9.17) is 4.74 Å². The number of hydrogen-bond donors (Lipinski definition) is 2. The summed E-state index contributed by atoms with van der Waals surface area (Å²) in [6.45, 7) is 6.21. The lowest BCUT2D eigenvalue weighted by Crippen LogP contribution is -2.41. The van der Waals surface area contributed by atoms with Crippen LogP contribution in [0.15, 0.2) is 88.7 Å². The van der Waals surface area contributed by atoms with E-state index in [0.717, 1.165) is 27.8 Å². The molecule has 0 aliphatic carbocycles. The molecule has 0 fully saturated rings. The van der Waals surface area contributed by atoms with E-state index >= 15 is 0 Å². The summed E-state index contributed by atoms with van der Waals surface area (Å²) in [6.07, 6.45) is -0.707. The maximum atomic E-state index is 13.2. The standard InChI is InChI=1S/C30H32N2O5S2/c1-19(2)27-16-24(23-10-9-21-7-5-6-8-22(21)15-23)17-28-20(3)37-30(18-29(27)28)32-39(35,36)26-13-11-25(12-14-26)38(33,34)31-4/h5-17,19-20,30-32H,18H2,1-4H3. The normalized spacial score (nSPS) is 17.9. The molecule has 1 heterocycles. The number of sulfonamides is 2. The first kappa shape index (κ1) is 27.5. The molecule has 7 nitrogen and oxygen atoms in total. The van der Waals surface area contributed by atoms with Crippen molar-refractivity contribution < 1.29 is 21.6 Å². The van der Waals surface area contributed by atoms with Crippen molar-refractivity contribution in [3.8, 4) is 11.1 Å². The summed E-state index contributed by atoms with van der Waals surface area (Å²) >= 11 is 0. The zero-order valence-corrected chi connectivity index (χ0v) is 23.9. The van der Waals surface area contributed by atoms with E-state index in [1.165, 1.54) is 42.1 Å². The highest BCUT2D eigenvalue weighted by Crippen LogP contribution is 2.39. The van der Waals surface area contributed by atoms with Crippen LogP contribution in [0.25, 0.3) is 21.9 Å². The van der Waals surface area contributed by atoms with Gasteiger partial charge >= 0.3 is 0 Å². The van der Waals surface area contributed by atoms with E-state index in [1.807, 2.05) is 19.1 Å². The first-order valence-corrected chi connectivity index (χ1v) is 15.8. The molecule has 5 rings (SSSR count). The Labute approximate surface area is 230 Å². The molecule has 9 heteroatoms. The monoisotopic (exact) mass is 564 g/mol. The summed E-state index contributed by atoms with van der Waals surface area (Å²) in [5, 5.41) is 2.36. The van der Waals surface area contributed by atoms with Gasteiger partial charge in [-0.15, -0.1) is 0 Å². The molecule has 4 aromatic carbocycles. The predicted molar refractivity (Wildman–Crippen MR) is 153 cm³/mol. The lowest BCUT2D eigenvalue weighted by Gasteiger charge is -2.33. The number of rotatable bonds is 7. The molecule has 1 aliphatic rings.